The highest BCUT2D eigenvalue weighted by Gasteiger charge is 2.22. The maximum Gasteiger partial charge on any atom is 0.273 e. The SMILES string of the molecule is Cc1cccc(COc2c(C)c(C)n(-c3ccnc(-c4nc(C(C)(C)O)ncc4C)c3)c(=O)c2Br)c1. The molecule has 4 aromatic rings. The zero-order valence-corrected chi connectivity index (χ0v) is 22.8. The van der Waals surface area contributed by atoms with Gasteiger partial charge in [0.1, 0.15) is 22.4 Å². The lowest BCUT2D eigenvalue weighted by atomic mass is 10.1. The summed E-state index contributed by atoms with van der Waals surface area (Å²) in [6.07, 6.45) is 3.32. The summed E-state index contributed by atoms with van der Waals surface area (Å²) >= 11 is 3.49. The molecule has 0 saturated heterocycles. The minimum atomic E-state index is -1.19. The minimum Gasteiger partial charge on any atom is -0.487 e. The minimum absolute atomic E-state index is 0.230. The van der Waals surface area contributed by atoms with Gasteiger partial charge in [0.25, 0.3) is 5.56 Å². The fourth-order valence-electron chi connectivity index (χ4n) is 3.97. The molecule has 8 heteroatoms. The molecule has 0 aliphatic heterocycles. The first-order chi connectivity index (χ1) is 17.0. The smallest absolute Gasteiger partial charge is 0.273 e. The van der Waals surface area contributed by atoms with E-state index in [1.165, 1.54) is 0 Å². The first-order valence-electron chi connectivity index (χ1n) is 11.6. The van der Waals surface area contributed by atoms with Gasteiger partial charge in [-0.2, -0.15) is 0 Å². The maximum atomic E-state index is 13.5. The standard InChI is InChI=1S/C28H29BrN4O3/c1-16-8-7-9-20(12-16)15-36-25-18(3)19(4)33(26(34)23(25)29)21-10-11-30-22(13-21)24-17(2)14-31-27(32-24)28(5,6)35/h7-14,35H,15H2,1-6H3. The Labute approximate surface area is 219 Å². The molecule has 3 aromatic heterocycles. The van der Waals surface area contributed by atoms with Crippen LogP contribution in [0.25, 0.3) is 17.1 Å². The summed E-state index contributed by atoms with van der Waals surface area (Å²) in [4.78, 5) is 26.8. The molecular formula is C28H29BrN4O3. The van der Waals surface area contributed by atoms with Crippen LogP contribution in [0.2, 0.25) is 0 Å². The van der Waals surface area contributed by atoms with Gasteiger partial charge in [-0.3, -0.25) is 14.3 Å². The highest BCUT2D eigenvalue weighted by atomic mass is 79.9. The Morgan fingerprint density at radius 1 is 1.08 bits per heavy atom. The molecule has 0 unspecified atom stereocenters. The molecule has 0 amide bonds. The van der Waals surface area contributed by atoms with Crippen LogP contribution in [0.5, 0.6) is 5.75 Å². The second-order valence-corrected chi connectivity index (χ2v) is 10.2. The first kappa shape index (κ1) is 25.7. The number of hydrogen-bond donors (Lipinski definition) is 1. The van der Waals surface area contributed by atoms with Gasteiger partial charge >= 0.3 is 0 Å². The van der Waals surface area contributed by atoms with Crippen molar-refractivity contribution in [2.75, 3.05) is 0 Å². The van der Waals surface area contributed by atoms with Crippen molar-refractivity contribution in [1.29, 1.82) is 0 Å². The maximum absolute atomic E-state index is 13.5. The Morgan fingerprint density at radius 3 is 2.53 bits per heavy atom. The van der Waals surface area contributed by atoms with Crippen molar-refractivity contribution in [3.8, 4) is 22.8 Å². The number of pyridine rings is 2. The molecule has 0 spiro atoms. The van der Waals surface area contributed by atoms with Crippen LogP contribution in [0.15, 0.2) is 58.1 Å². The largest absolute Gasteiger partial charge is 0.487 e. The predicted octanol–water partition coefficient (Wildman–Crippen LogP) is 5.49. The second-order valence-electron chi connectivity index (χ2n) is 9.46. The Hall–Kier alpha value is -3.36. The van der Waals surface area contributed by atoms with E-state index in [0.29, 0.717) is 39.7 Å². The van der Waals surface area contributed by atoms with Gasteiger partial charge in [0.2, 0.25) is 0 Å². The van der Waals surface area contributed by atoms with Crippen molar-refractivity contribution in [2.24, 2.45) is 0 Å². The van der Waals surface area contributed by atoms with E-state index in [4.69, 9.17) is 4.74 Å². The van der Waals surface area contributed by atoms with Crippen molar-refractivity contribution >= 4 is 15.9 Å². The van der Waals surface area contributed by atoms with Crippen LogP contribution in [-0.2, 0) is 12.2 Å². The summed E-state index contributed by atoms with van der Waals surface area (Å²) in [5, 5.41) is 10.4. The van der Waals surface area contributed by atoms with Gasteiger partial charge in [-0.05, 0) is 80.7 Å². The van der Waals surface area contributed by atoms with E-state index in [0.717, 1.165) is 27.9 Å². The molecule has 36 heavy (non-hydrogen) atoms. The Bertz CT molecular complexity index is 1510. The Morgan fingerprint density at radius 2 is 1.83 bits per heavy atom. The van der Waals surface area contributed by atoms with Crippen molar-refractivity contribution in [3.05, 3.63) is 97.4 Å². The van der Waals surface area contributed by atoms with Crippen LogP contribution in [0.3, 0.4) is 0 Å². The number of rotatable bonds is 6. The predicted molar refractivity (Wildman–Crippen MR) is 144 cm³/mol. The van der Waals surface area contributed by atoms with Crippen molar-refractivity contribution < 1.29 is 9.84 Å². The van der Waals surface area contributed by atoms with Crippen LogP contribution in [0.4, 0.5) is 0 Å². The Kier molecular flexibility index (Phi) is 7.11. The van der Waals surface area contributed by atoms with E-state index in [1.807, 2.05) is 52.0 Å². The lowest BCUT2D eigenvalue weighted by molar-refractivity contribution is 0.0688. The lowest BCUT2D eigenvalue weighted by Crippen LogP contribution is -2.24. The molecule has 0 bridgehead atoms. The van der Waals surface area contributed by atoms with E-state index in [-0.39, 0.29) is 5.56 Å². The van der Waals surface area contributed by atoms with Crippen LogP contribution in [0, 0.1) is 27.7 Å². The fraction of sp³-hybridized carbons (Fsp3) is 0.286. The average Bonchev–Trinajstić information content (AvgIpc) is 2.83. The fourth-order valence-corrected chi connectivity index (χ4v) is 4.56. The van der Waals surface area contributed by atoms with Gasteiger partial charge < -0.3 is 9.84 Å². The van der Waals surface area contributed by atoms with Crippen LogP contribution >= 0.6 is 15.9 Å². The van der Waals surface area contributed by atoms with E-state index >= 15 is 0 Å². The number of aromatic nitrogens is 4. The quantitative estimate of drug-likeness (QED) is 0.342. The highest BCUT2D eigenvalue weighted by molar-refractivity contribution is 9.10. The van der Waals surface area contributed by atoms with Gasteiger partial charge in [0, 0.05) is 23.7 Å². The number of aryl methyl sites for hydroxylation is 2. The Balaban J connectivity index is 1.76. The lowest BCUT2D eigenvalue weighted by Gasteiger charge is -2.19. The van der Waals surface area contributed by atoms with Crippen LogP contribution in [0.1, 0.15) is 47.6 Å². The third-order valence-corrected chi connectivity index (χ3v) is 6.74. The number of halogens is 1. The molecule has 1 aromatic carbocycles. The molecule has 0 saturated carbocycles. The topological polar surface area (TPSA) is 90.1 Å². The van der Waals surface area contributed by atoms with E-state index in [2.05, 4.69) is 36.9 Å². The number of aliphatic hydroxyl groups is 1. The normalized spacial score (nSPS) is 11.6. The van der Waals surface area contributed by atoms with Gasteiger partial charge in [-0.1, -0.05) is 29.8 Å². The van der Waals surface area contributed by atoms with Crippen LogP contribution < -0.4 is 10.3 Å². The first-order valence-corrected chi connectivity index (χ1v) is 12.4. The van der Waals surface area contributed by atoms with Gasteiger partial charge in [-0.25, -0.2) is 9.97 Å². The highest BCUT2D eigenvalue weighted by Crippen LogP contribution is 2.31. The molecule has 186 valence electrons. The monoisotopic (exact) mass is 548 g/mol. The molecule has 0 aliphatic carbocycles. The van der Waals surface area contributed by atoms with Gasteiger partial charge in [-0.15, -0.1) is 0 Å². The zero-order valence-electron chi connectivity index (χ0n) is 21.3. The summed E-state index contributed by atoms with van der Waals surface area (Å²) in [6, 6.07) is 11.7. The molecule has 0 fully saturated rings. The molecule has 4 rings (SSSR count). The summed E-state index contributed by atoms with van der Waals surface area (Å²) < 4.78 is 8.10. The molecule has 3 heterocycles. The van der Waals surface area contributed by atoms with Crippen molar-refractivity contribution in [2.45, 2.75) is 53.8 Å². The third kappa shape index (κ3) is 5.10. The second kappa shape index (κ2) is 9.95. The molecule has 0 aliphatic rings. The summed E-state index contributed by atoms with van der Waals surface area (Å²) in [7, 11) is 0. The number of benzene rings is 1. The summed E-state index contributed by atoms with van der Waals surface area (Å²) in [5.41, 5.74) is 5.03. The average molecular weight is 549 g/mol. The number of nitrogens with zero attached hydrogens (tertiary/aromatic N) is 4. The van der Waals surface area contributed by atoms with E-state index in [1.54, 1.807) is 36.9 Å². The molecule has 0 atom stereocenters. The third-order valence-electron chi connectivity index (χ3n) is 6.04. The summed E-state index contributed by atoms with van der Waals surface area (Å²) in [5.74, 6) is 0.836. The zero-order chi connectivity index (χ0) is 26.2. The number of hydrogen-bond acceptors (Lipinski definition) is 6. The number of ether oxygens (including phenoxy) is 1. The molecular weight excluding hydrogens is 520 g/mol. The van der Waals surface area contributed by atoms with Crippen LogP contribution in [-0.4, -0.2) is 24.6 Å². The van der Waals surface area contributed by atoms with E-state index in [9.17, 15) is 9.90 Å². The molecule has 7 nitrogen and oxygen atoms in total. The molecule has 0 radical (unpaired) electrons. The van der Waals surface area contributed by atoms with Gasteiger partial charge in [0.05, 0.1) is 17.1 Å². The molecule has 1 N–H and O–H groups in total. The van der Waals surface area contributed by atoms with Gasteiger partial charge in [0.15, 0.2) is 5.82 Å². The summed E-state index contributed by atoms with van der Waals surface area (Å²) in [6.45, 7) is 11.4. The van der Waals surface area contributed by atoms with Crippen molar-refractivity contribution in [3.63, 3.8) is 0 Å². The van der Waals surface area contributed by atoms with Crippen molar-refractivity contribution in [1.82, 2.24) is 19.5 Å². The van der Waals surface area contributed by atoms with E-state index < -0.39 is 5.60 Å².